The predicted octanol–water partition coefficient (Wildman–Crippen LogP) is 2.23. The first-order chi connectivity index (χ1) is 7.57. The molecule has 0 amide bonds. The van der Waals surface area contributed by atoms with Crippen molar-refractivity contribution in [3.63, 3.8) is 0 Å². The first kappa shape index (κ1) is 13.2. The molecule has 1 heterocycles. The van der Waals surface area contributed by atoms with Gasteiger partial charge in [0.25, 0.3) is 0 Å². The van der Waals surface area contributed by atoms with Gasteiger partial charge in [-0.15, -0.1) is 0 Å². The Labute approximate surface area is 98.4 Å². The van der Waals surface area contributed by atoms with Crippen molar-refractivity contribution in [3.8, 4) is 6.07 Å². The van der Waals surface area contributed by atoms with Crippen LogP contribution in [0.1, 0.15) is 39.5 Å². The fourth-order valence-corrected chi connectivity index (χ4v) is 2.21. The molecule has 0 radical (unpaired) electrons. The number of carbonyl (C=O) groups excluding carboxylic acids is 1. The Morgan fingerprint density at radius 3 is 2.94 bits per heavy atom. The zero-order chi connectivity index (χ0) is 12.0. The minimum absolute atomic E-state index is 0.208. The van der Waals surface area contributed by atoms with Crippen LogP contribution in [0.4, 0.5) is 0 Å². The van der Waals surface area contributed by atoms with Crippen LogP contribution in [0.15, 0.2) is 0 Å². The summed E-state index contributed by atoms with van der Waals surface area (Å²) in [6.45, 7) is 7.01. The van der Waals surface area contributed by atoms with E-state index in [1.54, 1.807) is 0 Å². The molecule has 3 nitrogen and oxygen atoms in total. The van der Waals surface area contributed by atoms with Crippen LogP contribution < -0.4 is 0 Å². The number of hydrogen-bond donors (Lipinski definition) is 0. The number of nitriles is 1. The third kappa shape index (κ3) is 4.32. The van der Waals surface area contributed by atoms with Crippen LogP contribution in [0.5, 0.6) is 0 Å². The van der Waals surface area contributed by atoms with Gasteiger partial charge < -0.3 is 9.69 Å². The van der Waals surface area contributed by atoms with Gasteiger partial charge in [0, 0.05) is 12.5 Å². The standard InChI is InChI=1S/C13H22N2O/c1-13(2,11-14)6-4-8-15-7-3-5-12(9-15)10-16/h10,12H,3-9H2,1-2H3. The molecule has 0 spiro atoms. The van der Waals surface area contributed by atoms with Crippen molar-refractivity contribution in [2.45, 2.75) is 39.5 Å². The molecule has 1 fully saturated rings. The van der Waals surface area contributed by atoms with Gasteiger partial charge in [0.1, 0.15) is 6.29 Å². The van der Waals surface area contributed by atoms with Gasteiger partial charge in [0.2, 0.25) is 0 Å². The Hall–Kier alpha value is -0.880. The van der Waals surface area contributed by atoms with Gasteiger partial charge >= 0.3 is 0 Å². The maximum Gasteiger partial charge on any atom is 0.124 e. The Balaban J connectivity index is 2.23. The van der Waals surface area contributed by atoms with E-state index < -0.39 is 0 Å². The van der Waals surface area contributed by atoms with Crippen molar-refractivity contribution in [2.24, 2.45) is 11.3 Å². The summed E-state index contributed by atoms with van der Waals surface area (Å²) in [6.07, 6.45) is 5.25. The van der Waals surface area contributed by atoms with E-state index in [0.29, 0.717) is 0 Å². The van der Waals surface area contributed by atoms with Crippen molar-refractivity contribution >= 4 is 6.29 Å². The Morgan fingerprint density at radius 2 is 2.31 bits per heavy atom. The maximum absolute atomic E-state index is 10.7. The fourth-order valence-electron chi connectivity index (χ4n) is 2.21. The fraction of sp³-hybridized carbons (Fsp3) is 0.846. The van der Waals surface area contributed by atoms with E-state index in [1.807, 2.05) is 13.8 Å². The van der Waals surface area contributed by atoms with E-state index in [2.05, 4.69) is 11.0 Å². The van der Waals surface area contributed by atoms with Gasteiger partial charge in [-0.1, -0.05) is 0 Å². The highest BCUT2D eigenvalue weighted by Gasteiger charge is 2.20. The van der Waals surface area contributed by atoms with Crippen LogP contribution in [0, 0.1) is 22.7 Å². The van der Waals surface area contributed by atoms with E-state index in [9.17, 15) is 4.79 Å². The summed E-state index contributed by atoms with van der Waals surface area (Å²) >= 11 is 0. The second-order valence-corrected chi connectivity index (χ2v) is 5.44. The summed E-state index contributed by atoms with van der Waals surface area (Å²) in [7, 11) is 0. The molecule has 16 heavy (non-hydrogen) atoms. The number of likely N-dealkylation sites (tertiary alicyclic amines) is 1. The molecule has 1 aliphatic rings. The lowest BCUT2D eigenvalue weighted by Crippen LogP contribution is -2.36. The Morgan fingerprint density at radius 1 is 1.56 bits per heavy atom. The first-order valence-corrected chi connectivity index (χ1v) is 6.16. The van der Waals surface area contributed by atoms with Gasteiger partial charge in [0.05, 0.1) is 11.5 Å². The monoisotopic (exact) mass is 222 g/mol. The molecule has 3 heteroatoms. The molecule has 90 valence electrons. The van der Waals surface area contributed by atoms with Crippen LogP contribution in [0.2, 0.25) is 0 Å². The molecule has 1 saturated heterocycles. The lowest BCUT2D eigenvalue weighted by molar-refractivity contribution is -0.112. The molecule has 0 N–H and O–H groups in total. The first-order valence-electron chi connectivity index (χ1n) is 6.16. The quantitative estimate of drug-likeness (QED) is 0.670. The number of hydrogen-bond acceptors (Lipinski definition) is 3. The second kappa shape index (κ2) is 6.00. The number of carbonyl (C=O) groups is 1. The topological polar surface area (TPSA) is 44.1 Å². The van der Waals surface area contributed by atoms with Gasteiger partial charge in [-0.25, -0.2) is 0 Å². The van der Waals surface area contributed by atoms with E-state index in [0.717, 1.165) is 51.6 Å². The van der Waals surface area contributed by atoms with Crippen LogP contribution in [0.3, 0.4) is 0 Å². The van der Waals surface area contributed by atoms with Crippen molar-refractivity contribution in [3.05, 3.63) is 0 Å². The highest BCUT2D eigenvalue weighted by Crippen LogP contribution is 2.22. The number of aldehydes is 1. The van der Waals surface area contributed by atoms with Gasteiger partial charge in [-0.05, 0) is 52.6 Å². The maximum atomic E-state index is 10.7. The highest BCUT2D eigenvalue weighted by molar-refractivity contribution is 5.53. The summed E-state index contributed by atoms with van der Waals surface area (Å²) in [5, 5.41) is 8.90. The zero-order valence-corrected chi connectivity index (χ0v) is 10.4. The van der Waals surface area contributed by atoms with E-state index in [1.165, 1.54) is 0 Å². The molecule has 1 unspecified atom stereocenters. The van der Waals surface area contributed by atoms with E-state index in [4.69, 9.17) is 5.26 Å². The molecular weight excluding hydrogens is 200 g/mol. The van der Waals surface area contributed by atoms with E-state index in [-0.39, 0.29) is 11.3 Å². The van der Waals surface area contributed by atoms with Crippen LogP contribution in [-0.4, -0.2) is 30.8 Å². The Kier molecular flexibility index (Phi) is 4.95. The third-order valence-electron chi connectivity index (χ3n) is 3.31. The summed E-state index contributed by atoms with van der Waals surface area (Å²) in [5.74, 6) is 0.234. The number of piperidine rings is 1. The van der Waals surface area contributed by atoms with Gasteiger partial charge in [0.15, 0.2) is 0 Å². The normalized spacial score (nSPS) is 22.7. The number of nitrogens with zero attached hydrogens (tertiary/aromatic N) is 2. The molecule has 0 aromatic heterocycles. The van der Waals surface area contributed by atoms with Gasteiger partial charge in [-0.3, -0.25) is 0 Å². The predicted molar refractivity (Wildman–Crippen MR) is 63.9 cm³/mol. The molecule has 0 aliphatic carbocycles. The summed E-state index contributed by atoms with van der Waals surface area (Å²) in [6, 6.07) is 2.32. The Bertz CT molecular complexity index is 268. The minimum Gasteiger partial charge on any atom is -0.303 e. The van der Waals surface area contributed by atoms with Crippen LogP contribution in [0.25, 0.3) is 0 Å². The largest absolute Gasteiger partial charge is 0.303 e. The minimum atomic E-state index is -0.208. The second-order valence-electron chi connectivity index (χ2n) is 5.44. The lowest BCUT2D eigenvalue weighted by Gasteiger charge is -2.30. The highest BCUT2D eigenvalue weighted by atomic mass is 16.1. The average Bonchev–Trinajstić information content (AvgIpc) is 2.29. The summed E-state index contributed by atoms with van der Waals surface area (Å²) in [4.78, 5) is 13.1. The van der Waals surface area contributed by atoms with Crippen LogP contribution in [-0.2, 0) is 4.79 Å². The van der Waals surface area contributed by atoms with Crippen molar-refractivity contribution in [2.75, 3.05) is 19.6 Å². The van der Waals surface area contributed by atoms with Crippen molar-refractivity contribution in [1.82, 2.24) is 4.90 Å². The summed E-state index contributed by atoms with van der Waals surface area (Å²) in [5.41, 5.74) is -0.208. The van der Waals surface area contributed by atoms with Crippen molar-refractivity contribution < 1.29 is 4.79 Å². The molecular formula is C13H22N2O. The molecule has 1 atom stereocenters. The molecule has 1 aliphatic heterocycles. The average molecular weight is 222 g/mol. The SMILES string of the molecule is CC(C)(C#N)CCCN1CCCC(C=O)C1. The van der Waals surface area contributed by atoms with Gasteiger partial charge in [-0.2, -0.15) is 5.26 Å². The number of rotatable bonds is 5. The summed E-state index contributed by atoms with van der Waals surface area (Å²) < 4.78 is 0. The molecule has 0 aromatic carbocycles. The molecule has 0 bridgehead atoms. The molecule has 1 rings (SSSR count). The van der Waals surface area contributed by atoms with Crippen LogP contribution >= 0.6 is 0 Å². The molecule has 0 aromatic rings. The molecule has 0 saturated carbocycles. The zero-order valence-electron chi connectivity index (χ0n) is 10.4. The van der Waals surface area contributed by atoms with E-state index >= 15 is 0 Å². The lowest BCUT2D eigenvalue weighted by atomic mass is 9.89. The smallest absolute Gasteiger partial charge is 0.124 e. The van der Waals surface area contributed by atoms with Crippen molar-refractivity contribution in [1.29, 1.82) is 5.26 Å². The third-order valence-corrected chi connectivity index (χ3v) is 3.31.